The Hall–Kier alpha value is -3.88. The molecule has 0 spiro atoms. The molecule has 2 amide bonds. The molecule has 0 radical (unpaired) electrons. The number of likely N-dealkylation sites (N-methyl/N-ethyl adjacent to an activating group) is 1. The second kappa shape index (κ2) is 19.4. The molecule has 2 heterocycles. The molecule has 0 unspecified atom stereocenters. The first-order valence-corrected chi connectivity index (χ1v) is 22.0. The second-order valence-corrected chi connectivity index (χ2v) is 18.5. The van der Waals surface area contributed by atoms with Gasteiger partial charge >= 0.3 is 0 Å². The predicted octanol–water partition coefficient (Wildman–Crippen LogP) is 4.63. The minimum absolute atomic E-state index is 0.0299. The van der Waals surface area contributed by atoms with E-state index < -0.39 is 24.2 Å². The van der Waals surface area contributed by atoms with Gasteiger partial charge in [0.25, 0.3) is 5.91 Å². The van der Waals surface area contributed by atoms with Crippen LogP contribution in [0.5, 0.6) is 5.75 Å². The zero-order valence-corrected chi connectivity index (χ0v) is 36.4. The molecular weight excluding hydrogens is 759 g/mol. The van der Waals surface area contributed by atoms with Crippen LogP contribution < -0.4 is 15.4 Å². The summed E-state index contributed by atoms with van der Waals surface area (Å²) in [5.41, 5.74) is 4.38. The molecule has 4 N–H and O–H groups in total. The lowest BCUT2D eigenvalue weighted by Crippen LogP contribution is -2.62. The third-order valence-electron chi connectivity index (χ3n) is 13.9. The normalized spacial score (nSPS) is 27.5. The van der Waals surface area contributed by atoms with Crippen molar-refractivity contribution in [2.45, 2.75) is 83.8 Å². The molecule has 2 bridgehead atoms. The SMILES string of the molecule is C[C@@H]1[C@@H](NC(=O)[C@@H]2[C@H]([C@H](C)O)[C@H](CO)ON2Cc2cccc(-c3cccc(C(=O)N[C@@H](Cc4ccccc4)CN(C)C)c3)c2OCCN2CCOCC2)C[C@@H]2C[C@H]1C2(C)C. The number of morpholine rings is 1. The molecule has 3 aromatic rings. The van der Waals surface area contributed by atoms with Crippen LogP contribution in [-0.4, -0.2) is 134 Å². The lowest BCUT2D eigenvalue weighted by atomic mass is 9.45. The number of carbonyl (C=O) groups is 2. The number of hydrogen-bond acceptors (Lipinski definition) is 10. The number of rotatable bonds is 17. The molecule has 12 nitrogen and oxygen atoms in total. The molecule has 5 fully saturated rings. The molecule has 5 aliphatic rings. The molecule has 8 rings (SSSR count). The predicted molar refractivity (Wildman–Crippen MR) is 232 cm³/mol. The smallest absolute Gasteiger partial charge is 0.251 e. The van der Waals surface area contributed by atoms with Crippen molar-refractivity contribution in [3.63, 3.8) is 0 Å². The van der Waals surface area contributed by atoms with Crippen LogP contribution in [0, 0.1) is 29.1 Å². The first-order chi connectivity index (χ1) is 28.8. The van der Waals surface area contributed by atoms with Gasteiger partial charge in [-0.1, -0.05) is 81.4 Å². The largest absolute Gasteiger partial charge is 0.491 e. The highest BCUT2D eigenvalue weighted by Gasteiger charge is 2.57. The Morgan fingerprint density at radius 3 is 2.45 bits per heavy atom. The fourth-order valence-corrected chi connectivity index (χ4v) is 10.5. The highest BCUT2D eigenvalue weighted by Crippen LogP contribution is 2.61. The minimum atomic E-state index is -0.909. The quantitative estimate of drug-likeness (QED) is 0.153. The number of hydroxylamine groups is 2. The van der Waals surface area contributed by atoms with Crippen LogP contribution in [0.15, 0.2) is 72.8 Å². The summed E-state index contributed by atoms with van der Waals surface area (Å²) in [6, 6.07) is 22.8. The summed E-state index contributed by atoms with van der Waals surface area (Å²) in [6.45, 7) is 13.2. The topological polar surface area (TPSA) is 136 Å². The molecule has 3 saturated carbocycles. The van der Waals surface area contributed by atoms with Crippen molar-refractivity contribution in [3.05, 3.63) is 89.5 Å². The van der Waals surface area contributed by atoms with Gasteiger partial charge in [-0.25, -0.2) is 0 Å². The summed E-state index contributed by atoms with van der Waals surface area (Å²) in [5.74, 6) is 1.07. The second-order valence-electron chi connectivity index (χ2n) is 18.5. The van der Waals surface area contributed by atoms with Gasteiger partial charge in [0.2, 0.25) is 5.91 Å². The number of hydrogen-bond donors (Lipinski definition) is 4. The van der Waals surface area contributed by atoms with Gasteiger partial charge in [0.1, 0.15) is 24.5 Å². The van der Waals surface area contributed by atoms with E-state index in [1.807, 2.05) is 74.8 Å². The van der Waals surface area contributed by atoms with Crippen LogP contribution in [0.3, 0.4) is 0 Å². The van der Waals surface area contributed by atoms with Gasteiger partial charge in [-0.2, -0.15) is 5.06 Å². The standard InChI is InChI=1S/C48H67N5O7/c1-31-40-26-37(48(40,3)4)27-41(31)50-47(57)44-43(32(2)55)42(30-54)60-53(44)28-36-16-11-17-39(45(36)59-23-20-52-18-21-58-22-19-52)34-14-10-15-35(25-34)46(56)49-38(29-51(5)6)24-33-12-8-7-9-13-33/h7-17,25,31-32,37-38,40-44,54-55H,18-24,26-30H2,1-6H3,(H,49,56)(H,50,57)/t31-,32-,37-,38-,40+,41-,42-,43+,44-/m0/s1. The third-order valence-corrected chi connectivity index (χ3v) is 13.9. The number of aliphatic hydroxyl groups is 2. The lowest BCUT2D eigenvalue weighted by molar-refractivity contribution is -0.183. The van der Waals surface area contributed by atoms with E-state index in [9.17, 15) is 19.8 Å². The maximum Gasteiger partial charge on any atom is 0.251 e. The van der Waals surface area contributed by atoms with Crippen LogP contribution in [0.1, 0.15) is 62.0 Å². The van der Waals surface area contributed by atoms with Crippen molar-refractivity contribution in [3.8, 4) is 16.9 Å². The Labute approximate surface area is 356 Å². The van der Waals surface area contributed by atoms with Crippen molar-refractivity contribution in [1.82, 2.24) is 25.5 Å². The monoisotopic (exact) mass is 826 g/mol. The minimum Gasteiger partial charge on any atom is -0.491 e. The van der Waals surface area contributed by atoms with Crippen molar-refractivity contribution in [1.29, 1.82) is 0 Å². The van der Waals surface area contributed by atoms with E-state index in [4.69, 9.17) is 14.3 Å². The maximum absolute atomic E-state index is 14.5. The summed E-state index contributed by atoms with van der Waals surface area (Å²) in [7, 11) is 4.02. The summed E-state index contributed by atoms with van der Waals surface area (Å²) in [6.07, 6.45) is 1.16. The number of benzene rings is 3. The number of nitrogens with one attached hydrogen (secondary N) is 2. The average molecular weight is 826 g/mol. The number of fused-ring (bicyclic) bond motifs is 2. The lowest BCUT2D eigenvalue weighted by Gasteiger charge is -2.62. The van der Waals surface area contributed by atoms with E-state index >= 15 is 0 Å². The van der Waals surface area contributed by atoms with Gasteiger partial charge in [-0.3, -0.25) is 19.3 Å². The van der Waals surface area contributed by atoms with Gasteiger partial charge in [-0.05, 0) is 86.7 Å². The van der Waals surface area contributed by atoms with E-state index in [0.29, 0.717) is 68.4 Å². The van der Waals surface area contributed by atoms with Gasteiger partial charge < -0.3 is 35.2 Å². The highest BCUT2D eigenvalue weighted by molar-refractivity contribution is 5.96. The van der Waals surface area contributed by atoms with Crippen LogP contribution in [0.2, 0.25) is 0 Å². The molecule has 12 heteroatoms. The number of nitrogens with zero attached hydrogens (tertiary/aromatic N) is 3. The summed E-state index contributed by atoms with van der Waals surface area (Å²) in [4.78, 5) is 39.2. The zero-order chi connectivity index (χ0) is 42.6. The summed E-state index contributed by atoms with van der Waals surface area (Å²) in [5, 5.41) is 29.9. The van der Waals surface area contributed by atoms with Crippen LogP contribution in [-0.2, 0) is 27.3 Å². The van der Waals surface area contributed by atoms with Gasteiger partial charge in [-0.15, -0.1) is 0 Å². The molecule has 2 aliphatic heterocycles. The fourth-order valence-electron chi connectivity index (χ4n) is 10.5. The molecular formula is C48H67N5O7. The Bertz CT molecular complexity index is 1900. The number of aliphatic hydroxyl groups excluding tert-OH is 2. The van der Waals surface area contributed by atoms with Crippen molar-refractivity contribution in [2.24, 2.45) is 29.1 Å². The van der Waals surface area contributed by atoms with Crippen molar-refractivity contribution in [2.75, 3.05) is 66.7 Å². The Morgan fingerprint density at radius 2 is 1.77 bits per heavy atom. The molecule has 60 heavy (non-hydrogen) atoms. The van der Waals surface area contributed by atoms with E-state index in [1.165, 1.54) is 6.42 Å². The van der Waals surface area contributed by atoms with Crippen molar-refractivity contribution >= 4 is 11.8 Å². The number of amides is 2. The Kier molecular flexibility index (Phi) is 14.3. The molecule has 326 valence electrons. The first-order valence-electron chi connectivity index (χ1n) is 22.0. The van der Waals surface area contributed by atoms with Gasteiger partial charge in [0.15, 0.2) is 0 Å². The molecule has 2 saturated heterocycles. The van der Waals surface area contributed by atoms with E-state index in [2.05, 4.69) is 53.3 Å². The zero-order valence-electron chi connectivity index (χ0n) is 36.4. The van der Waals surface area contributed by atoms with Crippen LogP contribution >= 0.6 is 0 Å². The summed E-state index contributed by atoms with van der Waals surface area (Å²) < 4.78 is 12.3. The molecule has 0 aromatic heterocycles. The number of para-hydroxylation sites is 1. The highest BCUT2D eigenvalue weighted by atomic mass is 16.7. The summed E-state index contributed by atoms with van der Waals surface area (Å²) >= 11 is 0. The molecule has 9 atom stereocenters. The van der Waals surface area contributed by atoms with Crippen LogP contribution in [0.25, 0.3) is 11.1 Å². The van der Waals surface area contributed by atoms with E-state index in [0.717, 1.165) is 41.8 Å². The third kappa shape index (κ3) is 9.91. The van der Waals surface area contributed by atoms with Gasteiger partial charge in [0.05, 0.1) is 32.5 Å². The van der Waals surface area contributed by atoms with Crippen molar-refractivity contribution < 1.29 is 34.1 Å². The number of carbonyl (C=O) groups excluding carboxylic acids is 2. The fraction of sp³-hybridized carbons (Fsp3) is 0.583. The van der Waals surface area contributed by atoms with E-state index in [-0.39, 0.29) is 42.5 Å². The molecule has 3 aliphatic carbocycles. The van der Waals surface area contributed by atoms with Crippen LogP contribution in [0.4, 0.5) is 0 Å². The molecule has 3 aromatic carbocycles. The Balaban J connectivity index is 1.16. The average Bonchev–Trinajstić information content (AvgIpc) is 3.61. The maximum atomic E-state index is 14.5. The Morgan fingerprint density at radius 1 is 1.02 bits per heavy atom. The van der Waals surface area contributed by atoms with Gasteiger partial charge in [0, 0.05) is 60.9 Å². The first kappa shape index (κ1) is 44.2. The number of ether oxygens (including phenoxy) is 2. The van der Waals surface area contributed by atoms with E-state index in [1.54, 1.807) is 12.0 Å².